The summed E-state index contributed by atoms with van der Waals surface area (Å²) in [6.45, 7) is 0. The van der Waals surface area contributed by atoms with Crippen molar-refractivity contribution in [2.45, 2.75) is 25.7 Å². The minimum Gasteiger partial charge on any atom is -0.303 e. The quantitative estimate of drug-likeness (QED) is 0.576. The Labute approximate surface area is 113 Å². The average molecular weight is 254 g/mol. The first-order chi connectivity index (χ1) is 9.24. The van der Waals surface area contributed by atoms with E-state index in [1.165, 1.54) is 5.56 Å². The predicted octanol–water partition coefficient (Wildman–Crippen LogP) is 3.28. The first kappa shape index (κ1) is 13.5. The highest BCUT2D eigenvalue weighted by Gasteiger charge is 2.26. The molecule has 2 nitrogen and oxygen atoms in total. The molecule has 0 radical (unpaired) electrons. The third-order valence-corrected chi connectivity index (χ3v) is 3.50. The van der Waals surface area contributed by atoms with Gasteiger partial charge in [0.2, 0.25) is 0 Å². The van der Waals surface area contributed by atoms with Gasteiger partial charge in [0.05, 0.1) is 0 Å². The third kappa shape index (κ3) is 3.75. The molecule has 0 atom stereocenters. The zero-order chi connectivity index (χ0) is 13.6. The van der Waals surface area contributed by atoms with E-state index in [9.17, 15) is 9.59 Å². The van der Waals surface area contributed by atoms with Crippen LogP contribution in [0, 0.1) is 5.41 Å². The molecule has 0 amide bonds. The third-order valence-electron chi connectivity index (χ3n) is 3.50. The van der Waals surface area contributed by atoms with Gasteiger partial charge in [-0.25, -0.2) is 0 Å². The molecule has 0 bridgehead atoms. The lowest BCUT2D eigenvalue weighted by atomic mass is 9.75. The van der Waals surface area contributed by atoms with Gasteiger partial charge in [0.15, 0.2) is 5.78 Å². The number of hydrogen-bond donors (Lipinski definition) is 0. The van der Waals surface area contributed by atoms with Gasteiger partial charge in [0, 0.05) is 11.8 Å². The molecular formula is C17H18O2. The fourth-order valence-electron chi connectivity index (χ4n) is 2.47. The van der Waals surface area contributed by atoms with Crippen LogP contribution >= 0.6 is 0 Å². The van der Waals surface area contributed by atoms with E-state index in [1.54, 1.807) is 12.2 Å². The highest BCUT2D eigenvalue weighted by Crippen LogP contribution is 2.34. The van der Waals surface area contributed by atoms with Crippen molar-refractivity contribution >= 4 is 12.1 Å². The highest BCUT2D eigenvalue weighted by molar-refractivity contribution is 6.00. The number of aldehydes is 1. The molecule has 0 aromatic heterocycles. The molecule has 19 heavy (non-hydrogen) atoms. The molecule has 0 aliphatic heterocycles. The van der Waals surface area contributed by atoms with E-state index in [-0.39, 0.29) is 11.2 Å². The number of hydrogen-bond acceptors (Lipinski definition) is 2. The summed E-state index contributed by atoms with van der Waals surface area (Å²) < 4.78 is 0. The zero-order valence-corrected chi connectivity index (χ0v) is 10.9. The normalized spacial score (nSPS) is 16.5. The van der Waals surface area contributed by atoms with Crippen LogP contribution in [-0.4, -0.2) is 12.1 Å². The second-order valence-electron chi connectivity index (χ2n) is 5.02. The minimum atomic E-state index is -0.127. The van der Waals surface area contributed by atoms with Crippen LogP contribution in [0.1, 0.15) is 24.8 Å². The molecule has 0 N–H and O–H groups in total. The molecule has 98 valence electrons. The Morgan fingerprint density at radius 1 is 1.05 bits per heavy atom. The van der Waals surface area contributed by atoms with Crippen molar-refractivity contribution in [1.29, 1.82) is 0 Å². The molecule has 2 rings (SSSR count). The molecule has 1 aromatic rings. The molecule has 2 heteroatoms. The summed E-state index contributed by atoms with van der Waals surface area (Å²) in [6.07, 6.45) is 11.4. The Morgan fingerprint density at radius 3 is 2.37 bits per heavy atom. The van der Waals surface area contributed by atoms with Gasteiger partial charge < -0.3 is 4.79 Å². The number of rotatable bonds is 6. The molecule has 0 unspecified atom stereocenters. The van der Waals surface area contributed by atoms with E-state index in [0.717, 1.165) is 25.5 Å². The lowest BCUT2D eigenvalue weighted by molar-refractivity contribution is -0.111. The van der Waals surface area contributed by atoms with Gasteiger partial charge in [-0.15, -0.1) is 0 Å². The van der Waals surface area contributed by atoms with Crippen LogP contribution in [0.5, 0.6) is 0 Å². The van der Waals surface area contributed by atoms with Crippen molar-refractivity contribution in [2.24, 2.45) is 5.41 Å². The second-order valence-corrected chi connectivity index (χ2v) is 5.02. The largest absolute Gasteiger partial charge is 0.303 e. The fourth-order valence-corrected chi connectivity index (χ4v) is 2.47. The van der Waals surface area contributed by atoms with E-state index in [1.807, 2.05) is 30.4 Å². The summed E-state index contributed by atoms with van der Waals surface area (Å²) in [6, 6.07) is 10.2. The molecule has 0 saturated carbocycles. The molecule has 1 aliphatic rings. The average Bonchev–Trinajstić information content (AvgIpc) is 2.44. The van der Waals surface area contributed by atoms with E-state index < -0.39 is 0 Å². The molecule has 1 aromatic carbocycles. The fraction of sp³-hybridized carbons (Fsp3) is 0.294. The number of unbranched alkanes of at least 4 members (excludes halogenated alkanes) is 1. The van der Waals surface area contributed by atoms with Crippen LogP contribution in [0.2, 0.25) is 0 Å². The number of benzene rings is 1. The molecular weight excluding hydrogens is 236 g/mol. The van der Waals surface area contributed by atoms with Gasteiger partial charge in [-0.2, -0.15) is 0 Å². The van der Waals surface area contributed by atoms with Gasteiger partial charge in [-0.05, 0) is 37.0 Å². The Morgan fingerprint density at radius 2 is 1.74 bits per heavy atom. The maximum atomic E-state index is 11.3. The summed E-state index contributed by atoms with van der Waals surface area (Å²) >= 11 is 0. The zero-order valence-electron chi connectivity index (χ0n) is 10.9. The molecule has 0 spiro atoms. The highest BCUT2D eigenvalue weighted by atomic mass is 16.1. The van der Waals surface area contributed by atoms with Crippen LogP contribution in [0.4, 0.5) is 0 Å². The van der Waals surface area contributed by atoms with Gasteiger partial charge in [0.1, 0.15) is 6.29 Å². The summed E-state index contributed by atoms with van der Waals surface area (Å²) in [5.74, 6) is 0.0408. The summed E-state index contributed by atoms with van der Waals surface area (Å²) in [5.41, 5.74) is 1.12. The van der Waals surface area contributed by atoms with Crippen molar-refractivity contribution in [2.75, 3.05) is 0 Å². The molecule has 0 heterocycles. The summed E-state index contributed by atoms with van der Waals surface area (Å²) in [4.78, 5) is 21.8. The van der Waals surface area contributed by atoms with Gasteiger partial charge in [-0.3, -0.25) is 4.79 Å². The van der Waals surface area contributed by atoms with Crippen LogP contribution in [0.25, 0.3) is 0 Å². The molecule has 0 fully saturated rings. The lowest BCUT2D eigenvalue weighted by Gasteiger charge is -2.29. The summed E-state index contributed by atoms with van der Waals surface area (Å²) in [7, 11) is 0. The topological polar surface area (TPSA) is 34.1 Å². The van der Waals surface area contributed by atoms with Crippen molar-refractivity contribution in [3.63, 3.8) is 0 Å². The first-order valence-corrected chi connectivity index (χ1v) is 6.64. The number of carbonyl (C=O) groups is 2. The van der Waals surface area contributed by atoms with E-state index in [2.05, 4.69) is 12.1 Å². The molecule has 0 saturated heterocycles. The standard InChI is InChI=1S/C17H18O2/c18-13-5-4-10-17(11-8-16(19)9-12-17)14-15-6-2-1-3-7-15/h1-3,6-9,11-13H,4-5,10,14H2. The van der Waals surface area contributed by atoms with Crippen LogP contribution in [-0.2, 0) is 16.0 Å². The van der Waals surface area contributed by atoms with Crippen LogP contribution < -0.4 is 0 Å². The summed E-state index contributed by atoms with van der Waals surface area (Å²) in [5, 5.41) is 0. The number of allylic oxidation sites excluding steroid dienone is 4. The van der Waals surface area contributed by atoms with Crippen molar-refractivity contribution < 1.29 is 9.59 Å². The van der Waals surface area contributed by atoms with Crippen molar-refractivity contribution in [3.8, 4) is 0 Å². The van der Waals surface area contributed by atoms with Crippen molar-refractivity contribution in [1.82, 2.24) is 0 Å². The predicted molar refractivity (Wildman–Crippen MR) is 75.8 cm³/mol. The number of carbonyl (C=O) groups excluding carboxylic acids is 2. The number of ketones is 1. The van der Waals surface area contributed by atoms with Gasteiger partial charge in [0.25, 0.3) is 0 Å². The second kappa shape index (κ2) is 6.28. The SMILES string of the molecule is O=CCCCC1(Cc2ccccc2)C=CC(=O)C=C1. The molecule has 1 aliphatic carbocycles. The maximum absolute atomic E-state index is 11.3. The first-order valence-electron chi connectivity index (χ1n) is 6.64. The van der Waals surface area contributed by atoms with Gasteiger partial charge >= 0.3 is 0 Å². The smallest absolute Gasteiger partial charge is 0.178 e. The minimum absolute atomic E-state index is 0.0408. The van der Waals surface area contributed by atoms with Crippen LogP contribution in [0.15, 0.2) is 54.6 Å². The maximum Gasteiger partial charge on any atom is 0.178 e. The van der Waals surface area contributed by atoms with E-state index in [4.69, 9.17) is 0 Å². The van der Waals surface area contributed by atoms with E-state index in [0.29, 0.717) is 6.42 Å². The van der Waals surface area contributed by atoms with E-state index >= 15 is 0 Å². The van der Waals surface area contributed by atoms with Crippen LogP contribution in [0.3, 0.4) is 0 Å². The Hall–Kier alpha value is -1.96. The van der Waals surface area contributed by atoms with Gasteiger partial charge in [-0.1, -0.05) is 42.5 Å². The Bertz CT molecular complexity index is 481. The Balaban J connectivity index is 2.15. The monoisotopic (exact) mass is 254 g/mol. The lowest BCUT2D eigenvalue weighted by Crippen LogP contribution is -2.21. The van der Waals surface area contributed by atoms with Crippen molar-refractivity contribution in [3.05, 3.63) is 60.2 Å². The Kier molecular flexibility index (Phi) is 4.45.